The topological polar surface area (TPSA) is 31.0 Å². The molecule has 2 fully saturated rings. The van der Waals surface area contributed by atoms with Crippen molar-refractivity contribution in [1.29, 1.82) is 0 Å². The number of rotatable bonds is 6. The summed E-state index contributed by atoms with van der Waals surface area (Å²) < 4.78 is 5.43. The van der Waals surface area contributed by atoms with Crippen molar-refractivity contribution in [3.63, 3.8) is 0 Å². The molecule has 2 aliphatic heterocycles. The molecule has 0 aromatic heterocycles. The summed E-state index contributed by atoms with van der Waals surface area (Å²) in [7, 11) is 4.22. The maximum absolute atomic E-state index is 5.43. The van der Waals surface area contributed by atoms with Gasteiger partial charge in [-0.3, -0.25) is 4.90 Å². The highest BCUT2D eigenvalue weighted by Crippen LogP contribution is 2.27. The first-order chi connectivity index (χ1) is 12.1. The summed E-state index contributed by atoms with van der Waals surface area (Å²) in [6.45, 7) is 11.0. The van der Waals surface area contributed by atoms with Crippen LogP contribution >= 0.6 is 0 Å². The van der Waals surface area contributed by atoms with Gasteiger partial charge in [0, 0.05) is 70.8 Å². The molecule has 1 N–H and O–H groups in total. The van der Waals surface area contributed by atoms with E-state index < -0.39 is 0 Å². The third-order valence-electron chi connectivity index (χ3n) is 5.57. The van der Waals surface area contributed by atoms with Crippen LogP contribution in [0.5, 0.6) is 0 Å². The lowest BCUT2D eigenvalue weighted by molar-refractivity contribution is 0.0322. The molecule has 3 rings (SSSR count). The van der Waals surface area contributed by atoms with Crippen molar-refractivity contribution in [2.75, 3.05) is 76.8 Å². The third-order valence-corrected chi connectivity index (χ3v) is 5.57. The van der Waals surface area contributed by atoms with Gasteiger partial charge < -0.3 is 19.9 Å². The predicted octanol–water partition coefficient (Wildman–Crippen LogP) is 2.27. The van der Waals surface area contributed by atoms with Crippen molar-refractivity contribution < 1.29 is 4.74 Å². The molecule has 0 radical (unpaired) electrons. The van der Waals surface area contributed by atoms with Crippen molar-refractivity contribution in [1.82, 2.24) is 9.80 Å². The van der Waals surface area contributed by atoms with Crippen LogP contribution in [-0.4, -0.2) is 82.4 Å². The zero-order valence-electron chi connectivity index (χ0n) is 16.1. The molecule has 0 aliphatic carbocycles. The molecule has 1 aromatic rings. The Bertz CT molecular complexity index is 534. The van der Waals surface area contributed by atoms with Crippen LogP contribution in [0.3, 0.4) is 0 Å². The van der Waals surface area contributed by atoms with Crippen molar-refractivity contribution in [3.8, 4) is 0 Å². The second kappa shape index (κ2) is 8.88. The summed E-state index contributed by atoms with van der Waals surface area (Å²) in [5.74, 6) is 0. The number of nitrogens with one attached hydrogen (secondary N) is 1. The van der Waals surface area contributed by atoms with Gasteiger partial charge in [0.2, 0.25) is 0 Å². The second-order valence-corrected chi connectivity index (χ2v) is 7.56. The SMILES string of the molecule is Cc1c(NC2CCN(CCN3CCOCC3)CC2)cccc1N(C)C. The van der Waals surface area contributed by atoms with Gasteiger partial charge in [0.1, 0.15) is 0 Å². The molecule has 2 heterocycles. The van der Waals surface area contributed by atoms with E-state index in [4.69, 9.17) is 4.74 Å². The minimum absolute atomic E-state index is 0.593. The van der Waals surface area contributed by atoms with Crippen LogP contribution in [0.15, 0.2) is 18.2 Å². The van der Waals surface area contributed by atoms with Gasteiger partial charge in [-0.25, -0.2) is 0 Å². The largest absolute Gasteiger partial charge is 0.382 e. The third kappa shape index (κ3) is 5.09. The van der Waals surface area contributed by atoms with Gasteiger partial charge in [-0.1, -0.05) is 6.07 Å². The standard InChI is InChI=1S/C20H34N4O/c1-17-19(5-4-6-20(17)22(2)3)21-18-7-9-23(10-8-18)11-12-24-13-15-25-16-14-24/h4-6,18,21H,7-16H2,1-3H3. The highest BCUT2D eigenvalue weighted by molar-refractivity contribution is 5.65. The molecule has 25 heavy (non-hydrogen) atoms. The van der Waals surface area contributed by atoms with Gasteiger partial charge >= 0.3 is 0 Å². The van der Waals surface area contributed by atoms with Gasteiger partial charge in [-0.15, -0.1) is 0 Å². The van der Waals surface area contributed by atoms with Crippen molar-refractivity contribution in [2.24, 2.45) is 0 Å². The Morgan fingerprint density at radius 2 is 1.68 bits per heavy atom. The number of hydrogen-bond acceptors (Lipinski definition) is 5. The molecule has 140 valence electrons. The Labute approximate surface area is 152 Å². The van der Waals surface area contributed by atoms with Crippen molar-refractivity contribution in [2.45, 2.75) is 25.8 Å². The van der Waals surface area contributed by atoms with E-state index in [2.05, 4.69) is 59.2 Å². The molecule has 0 atom stereocenters. The average molecular weight is 347 g/mol. The van der Waals surface area contributed by atoms with E-state index in [1.54, 1.807) is 0 Å². The molecule has 0 unspecified atom stereocenters. The number of ether oxygens (including phenoxy) is 1. The number of hydrogen-bond donors (Lipinski definition) is 1. The van der Waals surface area contributed by atoms with E-state index in [1.165, 1.54) is 56.0 Å². The van der Waals surface area contributed by atoms with E-state index in [0.29, 0.717) is 6.04 Å². The Morgan fingerprint density at radius 3 is 2.32 bits per heavy atom. The van der Waals surface area contributed by atoms with Gasteiger partial charge in [0.05, 0.1) is 13.2 Å². The lowest BCUT2D eigenvalue weighted by atomic mass is 10.0. The zero-order chi connectivity index (χ0) is 17.6. The molecule has 2 aliphatic rings. The fraction of sp³-hybridized carbons (Fsp3) is 0.700. The normalized spacial score (nSPS) is 20.6. The van der Waals surface area contributed by atoms with Crippen LogP contribution in [0.25, 0.3) is 0 Å². The monoisotopic (exact) mass is 346 g/mol. The molecular formula is C20H34N4O. The molecule has 0 spiro atoms. The summed E-state index contributed by atoms with van der Waals surface area (Å²) in [4.78, 5) is 7.34. The summed E-state index contributed by atoms with van der Waals surface area (Å²) in [6, 6.07) is 7.15. The summed E-state index contributed by atoms with van der Waals surface area (Å²) in [5, 5.41) is 3.79. The highest BCUT2D eigenvalue weighted by Gasteiger charge is 2.20. The maximum Gasteiger partial charge on any atom is 0.0594 e. The first-order valence-corrected chi connectivity index (χ1v) is 9.69. The number of anilines is 2. The van der Waals surface area contributed by atoms with Crippen molar-refractivity contribution in [3.05, 3.63) is 23.8 Å². The van der Waals surface area contributed by atoms with Gasteiger partial charge in [-0.05, 0) is 37.5 Å². The number of piperidine rings is 1. The molecule has 5 heteroatoms. The fourth-order valence-corrected chi connectivity index (χ4v) is 3.89. The summed E-state index contributed by atoms with van der Waals surface area (Å²) >= 11 is 0. The van der Waals surface area contributed by atoms with E-state index in [0.717, 1.165) is 26.3 Å². The van der Waals surface area contributed by atoms with Crippen LogP contribution in [0, 0.1) is 6.92 Å². The summed E-state index contributed by atoms with van der Waals surface area (Å²) in [6.07, 6.45) is 2.46. The Hall–Kier alpha value is -1.30. The van der Waals surface area contributed by atoms with Gasteiger partial charge in [0.15, 0.2) is 0 Å². The Balaban J connectivity index is 1.44. The number of nitrogens with zero attached hydrogens (tertiary/aromatic N) is 3. The van der Waals surface area contributed by atoms with E-state index in [-0.39, 0.29) is 0 Å². The lowest BCUT2D eigenvalue weighted by Gasteiger charge is -2.35. The molecular weight excluding hydrogens is 312 g/mol. The van der Waals surface area contributed by atoms with E-state index in [1.807, 2.05) is 0 Å². The van der Waals surface area contributed by atoms with Crippen molar-refractivity contribution >= 4 is 11.4 Å². The zero-order valence-corrected chi connectivity index (χ0v) is 16.1. The minimum Gasteiger partial charge on any atom is -0.382 e. The molecule has 0 bridgehead atoms. The molecule has 5 nitrogen and oxygen atoms in total. The Kier molecular flexibility index (Phi) is 6.57. The van der Waals surface area contributed by atoms with Gasteiger partial charge in [-0.2, -0.15) is 0 Å². The number of likely N-dealkylation sites (tertiary alicyclic amines) is 1. The minimum atomic E-state index is 0.593. The van der Waals surface area contributed by atoms with Crippen LogP contribution in [0.2, 0.25) is 0 Å². The van der Waals surface area contributed by atoms with Crippen LogP contribution < -0.4 is 10.2 Å². The maximum atomic E-state index is 5.43. The smallest absolute Gasteiger partial charge is 0.0594 e. The van der Waals surface area contributed by atoms with Crippen LogP contribution in [-0.2, 0) is 4.74 Å². The molecule has 2 saturated heterocycles. The average Bonchev–Trinajstić information content (AvgIpc) is 2.63. The van der Waals surface area contributed by atoms with Crippen LogP contribution in [0.4, 0.5) is 11.4 Å². The second-order valence-electron chi connectivity index (χ2n) is 7.56. The predicted molar refractivity (Wildman–Crippen MR) is 106 cm³/mol. The first kappa shape index (κ1) is 18.5. The van der Waals surface area contributed by atoms with E-state index in [9.17, 15) is 0 Å². The highest BCUT2D eigenvalue weighted by atomic mass is 16.5. The molecule has 1 aromatic carbocycles. The fourth-order valence-electron chi connectivity index (χ4n) is 3.89. The van der Waals surface area contributed by atoms with Crippen LogP contribution in [0.1, 0.15) is 18.4 Å². The quantitative estimate of drug-likeness (QED) is 0.854. The van der Waals surface area contributed by atoms with Gasteiger partial charge in [0.25, 0.3) is 0 Å². The first-order valence-electron chi connectivity index (χ1n) is 9.69. The lowest BCUT2D eigenvalue weighted by Crippen LogP contribution is -2.45. The van der Waals surface area contributed by atoms with E-state index >= 15 is 0 Å². The number of morpholine rings is 1. The Morgan fingerprint density at radius 1 is 1.04 bits per heavy atom. The molecule has 0 saturated carbocycles. The summed E-state index contributed by atoms with van der Waals surface area (Å²) in [5.41, 5.74) is 3.94. The molecule has 0 amide bonds. The number of benzene rings is 1.